The summed E-state index contributed by atoms with van der Waals surface area (Å²) in [5.41, 5.74) is 6.64. The van der Waals surface area contributed by atoms with Gasteiger partial charge >= 0.3 is 0 Å². The number of aromatic nitrogens is 3. The van der Waals surface area contributed by atoms with E-state index in [4.69, 9.17) is 0 Å². The first-order valence-electron chi connectivity index (χ1n) is 10.5. The Hall–Kier alpha value is -2.90. The number of aryl methyl sites for hydroxylation is 3. The largest absolute Gasteiger partial charge is 0.325 e. The number of amides is 1. The molecular weight excluding hydrogens is 436 g/mol. The molecule has 1 N–H and O–H groups in total. The first kappa shape index (κ1) is 22.3. The molecule has 32 heavy (non-hydrogen) atoms. The number of thioether (sulfide) groups is 1. The van der Waals surface area contributed by atoms with Crippen LogP contribution in [0.1, 0.15) is 22.9 Å². The molecule has 164 valence electrons. The van der Waals surface area contributed by atoms with E-state index in [2.05, 4.69) is 70.5 Å². The van der Waals surface area contributed by atoms with Gasteiger partial charge in [-0.05, 0) is 56.5 Å². The summed E-state index contributed by atoms with van der Waals surface area (Å²) in [5.74, 6) is 1.06. The lowest BCUT2D eigenvalue weighted by Crippen LogP contribution is -2.14. The first-order chi connectivity index (χ1) is 15.5. The van der Waals surface area contributed by atoms with Crippen LogP contribution in [0.25, 0.3) is 22.5 Å². The predicted molar refractivity (Wildman–Crippen MR) is 134 cm³/mol. The number of nitrogens with one attached hydrogen (secondary N) is 1. The van der Waals surface area contributed by atoms with Crippen molar-refractivity contribution in [2.45, 2.75) is 39.4 Å². The summed E-state index contributed by atoms with van der Waals surface area (Å²) < 4.78 is 2.09. The molecular formula is C25H26N4OS2. The minimum absolute atomic E-state index is 0.0539. The quantitative estimate of drug-likeness (QED) is 0.325. The van der Waals surface area contributed by atoms with Crippen LogP contribution in [-0.2, 0) is 11.3 Å². The highest BCUT2D eigenvalue weighted by atomic mass is 32.2. The molecule has 2 aromatic heterocycles. The minimum Gasteiger partial charge on any atom is -0.325 e. The van der Waals surface area contributed by atoms with Crippen LogP contribution in [0.2, 0.25) is 0 Å². The highest BCUT2D eigenvalue weighted by Gasteiger charge is 2.20. The Bertz CT molecular complexity index is 1240. The molecule has 0 unspecified atom stereocenters. The van der Waals surface area contributed by atoms with E-state index in [-0.39, 0.29) is 11.7 Å². The van der Waals surface area contributed by atoms with Gasteiger partial charge in [0.05, 0.1) is 5.75 Å². The highest BCUT2D eigenvalue weighted by molar-refractivity contribution is 7.99. The van der Waals surface area contributed by atoms with Crippen molar-refractivity contribution in [3.8, 4) is 22.5 Å². The molecule has 0 aliphatic rings. The van der Waals surface area contributed by atoms with Gasteiger partial charge in [-0.3, -0.25) is 4.79 Å². The summed E-state index contributed by atoms with van der Waals surface area (Å²) in [5, 5.41) is 14.8. The number of thiophene rings is 1. The van der Waals surface area contributed by atoms with Crippen LogP contribution in [0.15, 0.2) is 59.1 Å². The Morgan fingerprint density at radius 2 is 1.84 bits per heavy atom. The maximum Gasteiger partial charge on any atom is 0.234 e. The number of carbonyl (C=O) groups is 1. The van der Waals surface area contributed by atoms with Crippen LogP contribution in [0.5, 0.6) is 0 Å². The molecule has 4 rings (SSSR count). The molecule has 0 aliphatic carbocycles. The van der Waals surface area contributed by atoms with E-state index in [1.165, 1.54) is 33.3 Å². The summed E-state index contributed by atoms with van der Waals surface area (Å²) in [6.07, 6.45) is 0. The molecule has 7 heteroatoms. The molecule has 0 atom stereocenters. The van der Waals surface area contributed by atoms with E-state index < -0.39 is 0 Å². The molecule has 0 radical (unpaired) electrons. The number of hydrogen-bond acceptors (Lipinski definition) is 5. The van der Waals surface area contributed by atoms with Gasteiger partial charge in [-0.2, -0.15) is 0 Å². The van der Waals surface area contributed by atoms with Crippen molar-refractivity contribution in [3.05, 3.63) is 69.9 Å². The van der Waals surface area contributed by atoms with Crippen molar-refractivity contribution >= 4 is 34.7 Å². The molecule has 0 bridgehead atoms. The average Bonchev–Trinajstić information content (AvgIpc) is 3.38. The zero-order valence-electron chi connectivity index (χ0n) is 18.7. The standard InChI is InChI=1S/C25H26N4OS2/c1-5-29-24(21-14-31-18(4)23(21)19-9-7-6-8-10-19)27-28-25(29)32-15-22(30)26-20-12-11-16(2)17(3)13-20/h6-14H,5,15H2,1-4H3,(H,26,30). The Morgan fingerprint density at radius 1 is 1.06 bits per heavy atom. The molecule has 2 heterocycles. The topological polar surface area (TPSA) is 59.8 Å². The average molecular weight is 463 g/mol. The highest BCUT2D eigenvalue weighted by Crippen LogP contribution is 2.39. The minimum atomic E-state index is -0.0539. The number of carbonyl (C=O) groups excluding carboxylic acids is 1. The second kappa shape index (κ2) is 9.71. The zero-order valence-corrected chi connectivity index (χ0v) is 20.3. The lowest BCUT2D eigenvalue weighted by Gasteiger charge is -2.10. The lowest BCUT2D eigenvalue weighted by molar-refractivity contribution is -0.113. The maximum atomic E-state index is 12.5. The van der Waals surface area contributed by atoms with Gasteiger partial charge in [-0.15, -0.1) is 21.5 Å². The Labute approximate surface area is 196 Å². The fraction of sp³-hybridized carbons (Fsp3) is 0.240. The van der Waals surface area contributed by atoms with Crippen LogP contribution in [-0.4, -0.2) is 26.4 Å². The van der Waals surface area contributed by atoms with Gasteiger partial charge in [-0.1, -0.05) is 48.2 Å². The first-order valence-corrected chi connectivity index (χ1v) is 12.4. The lowest BCUT2D eigenvalue weighted by atomic mass is 10.0. The predicted octanol–water partition coefficient (Wildman–Crippen LogP) is 6.35. The maximum absolute atomic E-state index is 12.5. The van der Waals surface area contributed by atoms with Gasteiger partial charge in [0.2, 0.25) is 5.91 Å². The molecule has 0 saturated heterocycles. The monoisotopic (exact) mass is 462 g/mol. The second-order valence-electron chi connectivity index (χ2n) is 7.63. The molecule has 0 aliphatic heterocycles. The molecule has 4 aromatic rings. The number of anilines is 1. The van der Waals surface area contributed by atoms with Crippen molar-refractivity contribution in [2.24, 2.45) is 0 Å². The second-order valence-corrected chi connectivity index (χ2v) is 9.66. The van der Waals surface area contributed by atoms with Crippen molar-refractivity contribution < 1.29 is 4.79 Å². The van der Waals surface area contributed by atoms with Crippen LogP contribution in [0, 0.1) is 20.8 Å². The number of rotatable bonds is 7. The van der Waals surface area contributed by atoms with E-state index in [1.807, 2.05) is 31.2 Å². The molecule has 1 amide bonds. The smallest absolute Gasteiger partial charge is 0.234 e. The summed E-state index contributed by atoms with van der Waals surface area (Å²) in [6, 6.07) is 16.3. The van der Waals surface area contributed by atoms with Crippen molar-refractivity contribution in [1.29, 1.82) is 0 Å². The van der Waals surface area contributed by atoms with Gasteiger partial charge in [0.25, 0.3) is 0 Å². The van der Waals surface area contributed by atoms with Gasteiger partial charge in [0.15, 0.2) is 11.0 Å². The van der Waals surface area contributed by atoms with Crippen LogP contribution < -0.4 is 5.32 Å². The molecule has 0 saturated carbocycles. The van der Waals surface area contributed by atoms with Crippen LogP contribution >= 0.6 is 23.1 Å². The number of nitrogens with zero attached hydrogens (tertiary/aromatic N) is 3. The van der Waals surface area contributed by atoms with Gasteiger partial charge in [0, 0.05) is 33.6 Å². The molecule has 0 spiro atoms. The third-order valence-corrected chi connectivity index (χ3v) is 7.31. The summed E-state index contributed by atoms with van der Waals surface area (Å²) in [6.45, 7) is 9.04. The third-order valence-electron chi connectivity index (χ3n) is 5.43. The molecule has 2 aromatic carbocycles. The van der Waals surface area contributed by atoms with Gasteiger partial charge in [-0.25, -0.2) is 0 Å². The summed E-state index contributed by atoms with van der Waals surface area (Å²) >= 11 is 3.13. The van der Waals surface area contributed by atoms with E-state index in [0.717, 1.165) is 34.3 Å². The van der Waals surface area contributed by atoms with E-state index >= 15 is 0 Å². The Morgan fingerprint density at radius 3 is 2.56 bits per heavy atom. The van der Waals surface area contributed by atoms with Gasteiger partial charge in [0.1, 0.15) is 0 Å². The van der Waals surface area contributed by atoms with E-state index in [1.54, 1.807) is 11.3 Å². The Kier molecular flexibility index (Phi) is 6.77. The number of benzene rings is 2. The molecule has 5 nitrogen and oxygen atoms in total. The number of hydrogen-bond donors (Lipinski definition) is 1. The SMILES string of the molecule is CCn1c(SCC(=O)Nc2ccc(C)c(C)c2)nnc1-c1csc(C)c1-c1ccccc1. The summed E-state index contributed by atoms with van der Waals surface area (Å²) in [7, 11) is 0. The zero-order chi connectivity index (χ0) is 22.7. The Balaban J connectivity index is 1.53. The fourth-order valence-electron chi connectivity index (χ4n) is 3.61. The van der Waals surface area contributed by atoms with E-state index in [9.17, 15) is 4.79 Å². The van der Waals surface area contributed by atoms with E-state index in [0.29, 0.717) is 0 Å². The third kappa shape index (κ3) is 4.64. The fourth-order valence-corrected chi connectivity index (χ4v) is 5.27. The van der Waals surface area contributed by atoms with Gasteiger partial charge < -0.3 is 9.88 Å². The molecule has 0 fully saturated rings. The van der Waals surface area contributed by atoms with Crippen molar-refractivity contribution in [2.75, 3.05) is 11.1 Å². The van der Waals surface area contributed by atoms with Crippen LogP contribution in [0.3, 0.4) is 0 Å². The van der Waals surface area contributed by atoms with Crippen molar-refractivity contribution in [1.82, 2.24) is 14.8 Å². The normalized spacial score (nSPS) is 11.0. The van der Waals surface area contributed by atoms with Crippen molar-refractivity contribution in [3.63, 3.8) is 0 Å². The van der Waals surface area contributed by atoms with Crippen LogP contribution in [0.4, 0.5) is 5.69 Å². The summed E-state index contributed by atoms with van der Waals surface area (Å²) in [4.78, 5) is 13.8.